The molecule has 2 N–H and O–H groups in total. The largest absolute Gasteiger partial charge is 0.480 e. The molecule has 126 valence electrons. The normalized spacial score (nSPS) is 12.4. The quantitative estimate of drug-likeness (QED) is 0.852. The summed E-state index contributed by atoms with van der Waals surface area (Å²) in [4.78, 5) is 35.2. The smallest absolute Gasteiger partial charge is 0.417 e. The van der Waals surface area contributed by atoms with Crippen LogP contribution in [-0.4, -0.2) is 47.4 Å². The van der Waals surface area contributed by atoms with E-state index in [1.165, 1.54) is 20.0 Å². The van der Waals surface area contributed by atoms with E-state index >= 15 is 0 Å². The molecule has 1 atom stereocenters. The number of carbonyl (C=O) groups is 3. The zero-order chi connectivity index (χ0) is 17.8. The number of rotatable bonds is 5. The summed E-state index contributed by atoms with van der Waals surface area (Å²) in [7, 11) is 1.22. The van der Waals surface area contributed by atoms with Crippen LogP contribution in [0.15, 0.2) is 24.3 Å². The van der Waals surface area contributed by atoms with Crippen LogP contribution in [0.2, 0.25) is 0 Å². The zero-order valence-corrected chi connectivity index (χ0v) is 12.3. The Hall–Kier alpha value is -2.58. The van der Waals surface area contributed by atoms with E-state index in [9.17, 15) is 27.6 Å². The van der Waals surface area contributed by atoms with Gasteiger partial charge in [0.05, 0.1) is 17.7 Å². The first-order valence-electron chi connectivity index (χ1n) is 6.48. The first kappa shape index (κ1) is 18.5. The number of nitrogens with one attached hydrogen (secondary N) is 1. The average molecular weight is 332 g/mol. The second-order valence-electron chi connectivity index (χ2n) is 4.74. The summed E-state index contributed by atoms with van der Waals surface area (Å²) < 4.78 is 38.4. The Kier molecular flexibility index (Phi) is 5.72. The number of halogens is 3. The average Bonchev–Trinajstić information content (AvgIpc) is 2.49. The van der Waals surface area contributed by atoms with Gasteiger partial charge in [0.1, 0.15) is 6.04 Å². The summed E-state index contributed by atoms with van der Waals surface area (Å²) in [6, 6.07) is 3.04. The van der Waals surface area contributed by atoms with Crippen LogP contribution >= 0.6 is 0 Å². The molecule has 1 aromatic carbocycles. The molecule has 6 nitrogen and oxygen atoms in total. The molecular formula is C14H15F3N2O4. The Balaban J connectivity index is 2.79. The number of hydrogen-bond donors (Lipinski definition) is 2. The highest BCUT2D eigenvalue weighted by molar-refractivity contribution is 5.98. The maximum absolute atomic E-state index is 12.8. The van der Waals surface area contributed by atoms with Crippen LogP contribution in [0.5, 0.6) is 0 Å². The predicted molar refractivity (Wildman–Crippen MR) is 73.6 cm³/mol. The molecule has 23 heavy (non-hydrogen) atoms. The Morgan fingerprint density at radius 1 is 1.26 bits per heavy atom. The Morgan fingerprint density at radius 3 is 2.35 bits per heavy atom. The number of aliphatic carboxylic acids is 1. The number of hydrogen-bond acceptors (Lipinski definition) is 3. The van der Waals surface area contributed by atoms with Crippen molar-refractivity contribution in [2.75, 3.05) is 13.6 Å². The molecule has 0 fully saturated rings. The Morgan fingerprint density at radius 2 is 1.83 bits per heavy atom. The van der Waals surface area contributed by atoms with Crippen molar-refractivity contribution in [3.63, 3.8) is 0 Å². The lowest BCUT2D eigenvalue weighted by Gasteiger charge is -2.21. The highest BCUT2D eigenvalue weighted by Crippen LogP contribution is 2.31. The number of carboxylic acids is 1. The molecule has 0 heterocycles. The van der Waals surface area contributed by atoms with Gasteiger partial charge in [-0.1, -0.05) is 12.1 Å². The summed E-state index contributed by atoms with van der Waals surface area (Å²) in [6.07, 6.45) is -4.70. The minimum absolute atomic E-state index is 0.610. The van der Waals surface area contributed by atoms with Gasteiger partial charge in [0, 0.05) is 7.05 Å². The first-order chi connectivity index (χ1) is 10.6. The van der Waals surface area contributed by atoms with Crippen molar-refractivity contribution in [1.29, 1.82) is 0 Å². The van der Waals surface area contributed by atoms with Crippen LogP contribution < -0.4 is 5.32 Å². The maximum Gasteiger partial charge on any atom is 0.417 e. The van der Waals surface area contributed by atoms with Gasteiger partial charge in [0.15, 0.2) is 0 Å². The van der Waals surface area contributed by atoms with Crippen molar-refractivity contribution in [2.45, 2.75) is 19.1 Å². The number of benzene rings is 1. The van der Waals surface area contributed by atoms with E-state index < -0.39 is 47.7 Å². The van der Waals surface area contributed by atoms with Crippen molar-refractivity contribution < 1.29 is 32.7 Å². The van der Waals surface area contributed by atoms with E-state index in [2.05, 4.69) is 5.32 Å². The van der Waals surface area contributed by atoms with Gasteiger partial charge in [-0.3, -0.25) is 9.59 Å². The molecule has 1 aromatic rings. The highest BCUT2D eigenvalue weighted by Gasteiger charge is 2.35. The van der Waals surface area contributed by atoms with Gasteiger partial charge in [-0.15, -0.1) is 0 Å². The summed E-state index contributed by atoms with van der Waals surface area (Å²) in [5.41, 5.74) is -1.72. The number of carbonyl (C=O) groups excluding carboxylic acids is 2. The fourth-order valence-corrected chi connectivity index (χ4v) is 1.69. The van der Waals surface area contributed by atoms with Crippen LogP contribution in [-0.2, 0) is 15.8 Å². The molecule has 0 aromatic heterocycles. The monoisotopic (exact) mass is 332 g/mol. The molecular weight excluding hydrogens is 317 g/mol. The fourth-order valence-electron chi connectivity index (χ4n) is 1.69. The minimum atomic E-state index is -4.70. The van der Waals surface area contributed by atoms with Crippen LogP contribution in [0.4, 0.5) is 13.2 Å². The molecule has 0 radical (unpaired) electrons. The van der Waals surface area contributed by atoms with E-state index in [1.54, 1.807) is 0 Å². The van der Waals surface area contributed by atoms with E-state index in [0.717, 1.165) is 23.1 Å². The molecule has 1 rings (SSSR count). The van der Waals surface area contributed by atoms with E-state index in [4.69, 9.17) is 5.11 Å². The van der Waals surface area contributed by atoms with E-state index in [0.29, 0.717) is 0 Å². The molecule has 9 heteroatoms. The Bertz CT molecular complexity index is 616. The number of nitrogens with zero attached hydrogens (tertiary/aromatic N) is 1. The van der Waals surface area contributed by atoms with Gasteiger partial charge in [-0.2, -0.15) is 13.2 Å². The SMILES string of the molecule is CC(C(=O)O)N(C)C(=O)CNC(=O)c1ccccc1C(F)(F)F. The molecule has 0 saturated heterocycles. The number of carboxylic acid groups (broad SMARTS) is 1. The van der Waals surface area contributed by atoms with Crippen LogP contribution in [0, 0.1) is 0 Å². The standard InChI is InChI=1S/C14H15F3N2O4/c1-8(13(22)23)19(2)11(20)7-18-12(21)9-5-3-4-6-10(9)14(15,16)17/h3-6,8H,7H2,1-2H3,(H,18,21)(H,22,23). The second-order valence-corrected chi connectivity index (χ2v) is 4.74. The summed E-state index contributed by atoms with van der Waals surface area (Å²) in [5.74, 6) is -3.05. The number of likely N-dealkylation sites (N-methyl/N-ethyl adjacent to an activating group) is 1. The van der Waals surface area contributed by atoms with Crippen molar-refractivity contribution in [3.05, 3.63) is 35.4 Å². The predicted octanol–water partition coefficient (Wildman–Crippen LogP) is 1.37. The van der Waals surface area contributed by atoms with Crippen molar-refractivity contribution in [1.82, 2.24) is 10.2 Å². The molecule has 0 bridgehead atoms. The lowest BCUT2D eigenvalue weighted by molar-refractivity contribution is -0.147. The molecule has 0 aliphatic rings. The third kappa shape index (κ3) is 4.70. The molecule has 0 saturated carbocycles. The molecule has 0 spiro atoms. The van der Waals surface area contributed by atoms with Crippen LogP contribution in [0.3, 0.4) is 0 Å². The molecule has 0 aliphatic heterocycles. The van der Waals surface area contributed by atoms with E-state index in [-0.39, 0.29) is 0 Å². The Labute approximate surface area is 129 Å². The third-order valence-electron chi connectivity index (χ3n) is 3.21. The molecule has 0 aliphatic carbocycles. The van der Waals surface area contributed by atoms with E-state index in [1.807, 2.05) is 0 Å². The van der Waals surface area contributed by atoms with Crippen LogP contribution in [0.25, 0.3) is 0 Å². The highest BCUT2D eigenvalue weighted by atomic mass is 19.4. The van der Waals surface area contributed by atoms with Gasteiger partial charge < -0.3 is 15.3 Å². The van der Waals surface area contributed by atoms with Gasteiger partial charge in [0.2, 0.25) is 5.91 Å². The molecule has 1 unspecified atom stereocenters. The van der Waals surface area contributed by atoms with Gasteiger partial charge in [-0.05, 0) is 19.1 Å². The van der Waals surface area contributed by atoms with Crippen molar-refractivity contribution in [3.8, 4) is 0 Å². The minimum Gasteiger partial charge on any atom is -0.480 e. The first-order valence-corrected chi connectivity index (χ1v) is 6.48. The number of amides is 2. The number of alkyl halides is 3. The summed E-state index contributed by atoms with van der Waals surface area (Å²) in [6.45, 7) is 0.653. The van der Waals surface area contributed by atoms with Gasteiger partial charge in [-0.25, -0.2) is 4.79 Å². The maximum atomic E-state index is 12.8. The lowest BCUT2D eigenvalue weighted by Crippen LogP contribution is -2.45. The van der Waals surface area contributed by atoms with Crippen molar-refractivity contribution >= 4 is 17.8 Å². The third-order valence-corrected chi connectivity index (χ3v) is 3.21. The topological polar surface area (TPSA) is 86.7 Å². The zero-order valence-electron chi connectivity index (χ0n) is 12.3. The molecule has 2 amide bonds. The summed E-state index contributed by atoms with van der Waals surface area (Å²) >= 11 is 0. The van der Waals surface area contributed by atoms with Crippen molar-refractivity contribution in [2.24, 2.45) is 0 Å². The second kappa shape index (κ2) is 7.12. The summed E-state index contributed by atoms with van der Waals surface area (Å²) in [5, 5.41) is 10.8. The van der Waals surface area contributed by atoms with Gasteiger partial charge >= 0.3 is 12.1 Å². The lowest BCUT2D eigenvalue weighted by atomic mass is 10.1. The fraction of sp³-hybridized carbons (Fsp3) is 0.357. The van der Waals surface area contributed by atoms with Gasteiger partial charge in [0.25, 0.3) is 5.91 Å². The van der Waals surface area contributed by atoms with Crippen LogP contribution in [0.1, 0.15) is 22.8 Å².